The molecule has 0 fully saturated rings. The van der Waals surface area contributed by atoms with Gasteiger partial charge in [0.2, 0.25) is 0 Å². The van der Waals surface area contributed by atoms with Crippen LogP contribution in [0.5, 0.6) is 0 Å². The molecule has 0 bridgehead atoms. The summed E-state index contributed by atoms with van der Waals surface area (Å²) in [6, 6.07) is 9.14. The first kappa shape index (κ1) is 20.5. The number of likely N-dealkylation sites (N-methyl/N-ethyl adjacent to an activating group) is 1. The molecule has 6 heteroatoms. The molecule has 0 saturated heterocycles. The Labute approximate surface area is 158 Å². The van der Waals surface area contributed by atoms with Crippen LogP contribution < -0.4 is 15.5 Å². The SMILES string of the molecule is CN=C(NCCN(C)CCCOC)NCC(C)N1CCc2ccccc21. The van der Waals surface area contributed by atoms with Crippen molar-refractivity contribution in [2.75, 3.05) is 65.4 Å². The number of benzene rings is 1. The zero-order valence-electron chi connectivity index (χ0n) is 16.8. The molecule has 1 atom stereocenters. The molecule has 0 saturated carbocycles. The number of para-hydroxylation sites is 1. The molecule has 0 aromatic heterocycles. The van der Waals surface area contributed by atoms with Gasteiger partial charge in [0, 0.05) is 65.2 Å². The Hall–Kier alpha value is -1.79. The lowest BCUT2D eigenvalue weighted by molar-refractivity contribution is 0.180. The standard InChI is InChI=1S/C20H35N5O/c1-17(25-13-10-18-8-5-6-9-19(18)25)16-23-20(21-2)22-11-14-24(3)12-7-15-26-4/h5-6,8-9,17H,7,10-16H2,1-4H3,(H2,21,22,23). The summed E-state index contributed by atoms with van der Waals surface area (Å²) in [5, 5.41) is 6.86. The molecule has 1 unspecified atom stereocenters. The maximum atomic E-state index is 5.10. The Morgan fingerprint density at radius 2 is 2.12 bits per heavy atom. The van der Waals surface area contributed by atoms with Crippen molar-refractivity contribution < 1.29 is 4.74 Å². The fourth-order valence-corrected chi connectivity index (χ4v) is 3.35. The van der Waals surface area contributed by atoms with E-state index >= 15 is 0 Å². The van der Waals surface area contributed by atoms with Gasteiger partial charge in [-0.3, -0.25) is 4.99 Å². The zero-order valence-corrected chi connectivity index (χ0v) is 16.8. The second-order valence-electron chi connectivity index (χ2n) is 6.95. The molecule has 26 heavy (non-hydrogen) atoms. The van der Waals surface area contributed by atoms with Gasteiger partial charge in [-0.05, 0) is 38.4 Å². The van der Waals surface area contributed by atoms with Crippen molar-refractivity contribution in [2.24, 2.45) is 4.99 Å². The lowest BCUT2D eigenvalue weighted by Gasteiger charge is -2.28. The number of guanidine groups is 1. The molecule has 2 rings (SSSR count). The summed E-state index contributed by atoms with van der Waals surface area (Å²) in [5.74, 6) is 0.870. The van der Waals surface area contributed by atoms with E-state index in [9.17, 15) is 0 Å². The predicted octanol–water partition coefficient (Wildman–Crippen LogP) is 1.57. The molecule has 0 aliphatic carbocycles. The summed E-state index contributed by atoms with van der Waals surface area (Å²) in [5.41, 5.74) is 2.83. The third kappa shape index (κ3) is 6.18. The van der Waals surface area contributed by atoms with Crippen molar-refractivity contribution >= 4 is 11.6 Å². The van der Waals surface area contributed by atoms with E-state index in [1.807, 2.05) is 7.05 Å². The minimum atomic E-state index is 0.425. The van der Waals surface area contributed by atoms with Crippen molar-refractivity contribution in [2.45, 2.75) is 25.8 Å². The summed E-state index contributed by atoms with van der Waals surface area (Å²) in [7, 11) is 5.72. The van der Waals surface area contributed by atoms with Gasteiger partial charge in [0.25, 0.3) is 0 Å². The van der Waals surface area contributed by atoms with E-state index in [2.05, 4.69) is 63.7 Å². The molecule has 1 aromatic rings. The number of hydrogen-bond donors (Lipinski definition) is 2. The molecule has 0 amide bonds. The number of nitrogens with one attached hydrogen (secondary N) is 2. The minimum absolute atomic E-state index is 0.425. The van der Waals surface area contributed by atoms with Crippen LogP contribution >= 0.6 is 0 Å². The summed E-state index contributed by atoms with van der Waals surface area (Å²) in [6.07, 6.45) is 2.21. The lowest BCUT2D eigenvalue weighted by atomic mass is 10.2. The molecule has 1 aliphatic rings. The zero-order chi connectivity index (χ0) is 18.8. The fourth-order valence-electron chi connectivity index (χ4n) is 3.35. The summed E-state index contributed by atoms with van der Waals surface area (Å²) in [6.45, 7) is 7.97. The average molecular weight is 362 g/mol. The first-order valence-electron chi connectivity index (χ1n) is 9.62. The van der Waals surface area contributed by atoms with Gasteiger partial charge in [0.15, 0.2) is 5.96 Å². The number of rotatable bonds is 10. The van der Waals surface area contributed by atoms with Crippen molar-refractivity contribution in [1.29, 1.82) is 0 Å². The van der Waals surface area contributed by atoms with Gasteiger partial charge in [-0.1, -0.05) is 18.2 Å². The van der Waals surface area contributed by atoms with Crippen LogP contribution in [0.25, 0.3) is 0 Å². The third-order valence-electron chi connectivity index (χ3n) is 4.92. The van der Waals surface area contributed by atoms with Gasteiger partial charge in [-0.25, -0.2) is 0 Å². The van der Waals surface area contributed by atoms with Gasteiger partial charge < -0.3 is 25.2 Å². The highest BCUT2D eigenvalue weighted by molar-refractivity contribution is 5.79. The van der Waals surface area contributed by atoms with Gasteiger partial charge >= 0.3 is 0 Å². The van der Waals surface area contributed by atoms with Crippen molar-refractivity contribution in [3.63, 3.8) is 0 Å². The third-order valence-corrected chi connectivity index (χ3v) is 4.92. The van der Waals surface area contributed by atoms with Gasteiger partial charge in [0.1, 0.15) is 0 Å². The van der Waals surface area contributed by atoms with Crippen LogP contribution in [0.15, 0.2) is 29.3 Å². The molecule has 0 radical (unpaired) electrons. The Morgan fingerprint density at radius 3 is 2.88 bits per heavy atom. The molecule has 1 aromatic carbocycles. The molecule has 1 aliphatic heterocycles. The topological polar surface area (TPSA) is 52.1 Å². The largest absolute Gasteiger partial charge is 0.385 e. The van der Waals surface area contributed by atoms with E-state index in [0.717, 1.165) is 58.1 Å². The number of aliphatic imine (C=N–C) groups is 1. The summed E-state index contributed by atoms with van der Waals surface area (Å²) < 4.78 is 5.10. The van der Waals surface area contributed by atoms with E-state index in [-0.39, 0.29) is 0 Å². The van der Waals surface area contributed by atoms with Crippen molar-refractivity contribution in [3.8, 4) is 0 Å². The quantitative estimate of drug-likeness (QED) is 0.376. The minimum Gasteiger partial charge on any atom is -0.385 e. The predicted molar refractivity (Wildman–Crippen MR) is 110 cm³/mol. The monoisotopic (exact) mass is 361 g/mol. The number of fused-ring (bicyclic) bond motifs is 1. The second kappa shape index (κ2) is 11.0. The molecular formula is C20H35N5O. The normalized spacial score (nSPS) is 15.3. The number of methoxy groups -OCH3 is 1. The van der Waals surface area contributed by atoms with Gasteiger partial charge in [-0.15, -0.1) is 0 Å². The number of ether oxygens (including phenoxy) is 1. The van der Waals surface area contributed by atoms with Gasteiger partial charge in [0.05, 0.1) is 0 Å². The van der Waals surface area contributed by atoms with Gasteiger partial charge in [-0.2, -0.15) is 0 Å². The maximum absolute atomic E-state index is 5.10. The van der Waals surface area contributed by atoms with Crippen LogP contribution in [0.2, 0.25) is 0 Å². The maximum Gasteiger partial charge on any atom is 0.191 e. The Balaban J connectivity index is 1.69. The molecule has 146 valence electrons. The van der Waals surface area contributed by atoms with E-state index in [4.69, 9.17) is 4.74 Å². The van der Waals surface area contributed by atoms with E-state index in [0.29, 0.717) is 6.04 Å². The van der Waals surface area contributed by atoms with Crippen LogP contribution in [0.4, 0.5) is 5.69 Å². The van der Waals surface area contributed by atoms with Crippen LogP contribution in [-0.2, 0) is 11.2 Å². The van der Waals surface area contributed by atoms with Crippen LogP contribution in [0.1, 0.15) is 18.9 Å². The highest BCUT2D eigenvalue weighted by Gasteiger charge is 2.22. The number of hydrogen-bond acceptors (Lipinski definition) is 4. The molecule has 1 heterocycles. The summed E-state index contributed by atoms with van der Waals surface area (Å²) >= 11 is 0. The lowest BCUT2D eigenvalue weighted by Crippen LogP contribution is -2.47. The Morgan fingerprint density at radius 1 is 1.31 bits per heavy atom. The smallest absolute Gasteiger partial charge is 0.191 e. The fraction of sp³-hybridized carbons (Fsp3) is 0.650. The Bertz CT molecular complexity index is 563. The number of nitrogens with zero attached hydrogens (tertiary/aromatic N) is 3. The van der Waals surface area contributed by atoms with Crippen molar-refractivity contribution in [3.05, 3.63) is 29.8 Å². The van der Waals surface area contributed by atoms with Crippen LogP contribution in [0, 0.1) is 0 Å². The second-order valence-corrected chi connectivity index (χ2v) is 6.95. The highest BCUT2D eigenvalue weighted by Crippen LogP contribution is 2.28. The molecule has 6 nitrogen and oxygen atoms in total. The average Bonchev–Trinajstić information content (AvgIpc) is 3.08. The van der Waals surface area contributed by atoms with E-state index < -0.39 is 0 Å². The van der Waals surface area contributed by atoms with E-state index in [1.54, 1.807) is 7.11 Å². The highest BCUT2D eigenvalue weighted by atomic mass is 16.5. The van der Waals surface area contributed by atoms with E-state index in [1.165, 1.54) is 11.3 Å². The van der Waals surface area contributed by atoms with Crippen LogP contribution in [-0.4, -0.2) is 77.4 Å². The molecule has 2 N–H and O–H groups in total. The van der Waals surface area contributed by atoms with Crippen molar-refractivity contribution in [1.82, 2.24) is 15.5 Å². The summed E-state index contributed by atoms with van der Waals surface area (Å²) in [4.78, 5) is 9.13. The number of anilines is 1. The first-order valence-corrected chi connectivity index (χ1v) is 9.62. The first-order chi connectivity index (χ1) is 12.7. The van der Waals surface area contributed by atoms with Crippen LogP contribution in [0.3, 0.4) is 0 Å². The molecule has 0 spiro atoms. The Kier molecular flexibility index (Phi) is 8.71. The molecular weight excluding hydrogens is 326 g/mol.